The molecular formula is C18H27N3O4. The van der Waals surface area contributed by atoms with E-state index < -0.39 is 0 Å². The maximum absolute atomic E-state index is 12.2. The fourth-order valence-corrected chi connectivity index (χ4v) is 3.09. The van der Waals surface area contributed by atoms with Crippen molar-refractivity contribution in [1.29, 1.82) is 0 Å². The molecule has 0 aliphatic carbocycles. The van der Waals surface area contributed by atoms with Gasteiger partial charge in [0.05, 0.1) is 25.8 Å². The van der Waals surface area contributed by atoms with Crippen LogP contribution in [0.1, 0.15) is 0 Å². The van der Waals surface area contributed by atoms with Gasteiger partial charge in [0.15, 0.2) is 11.5 Å². The number of amides is 1. The van der Waals surface area contributed by atoms with Crippen molar-refractivity contribution in [3.05, 3.63) is 24.3 Å². The Morgan fingerprint density at radius 1 is 1.28 bits per heavy atom. The molecule has 3 rings (SSSR count). The van der Waals surface area contributed by atoms with Gasteiger partial charge in [-0.05, 0) is 26.2 Å². The summed E-state index contributed by atoms with van der Waals surface area (Å²) < 4.78 is 17.3. The third kappa shape index (κ3) is 5.32. The number of nitrogens with zero attached hydrogens (tertiary/aromatic N) is 2. The summed E-state index contributed by atoms with van der Waals surface area (Å²) in [5.41, 5.74) is 0. The Hall–Kier alpha value is -1.83. The van der Waals surface area contributed by atoms with Crippen molar-refractivity contribution in [2.45, 2.75) is 12.2 Å². The summed E-state index contributed by atoms with van der Waals surface area (Å²) in [6, 6.07) is 7.58. The molecule has 7 nitrogen and oxygen atoms in total. The van der Waals surface area contributed by atoms with Crippen molar-refractivity contribution in [1.82, 2.24) is 15.1 Å². The number of hydrogen-bond donors (Lipinski definition) is 1. The van der Waals surface area contributed by atoms with Crippen LogP contribution >= 0.6 is 0 Å². The molecule has 7 heteroatoms. The van der Waals surface area contributed by atoms with Gasteiger partial charge < -0.3 is 24.4 Å². The summed E-state index contributed by atoms with van der Waals surface area (Å²) in [5.74, 6) is 1.49. The van der Waals surface area contributed by atoms with E-state index in [1.54, 1.807) is 0 Å². The molecule has 1 aromatic rings. The van der Waals surface area contributed by atoms with Gasteiger partial charge in [-0.25, -0.2) is 0 Å². The lowest BCUT2D eigenvalue weighted by molar-refractivity contribution is -0.125. The largest absolute Gasteiger partial charge is 0.486 e. The number of rotatable bonds is 6. The van der Waals surface area contributed by atoms with Gasteiger partial charge in [-0.15, -0.1) is 0 Å². The Kier molecular flexibility index (Phi) is 6.12. The van der Waals surface area contributed by atoms with Crippen molar-refractivity contribution in [2.75, 3.05) is 60.0 Å². The van der Waals surface area contributed by atoms with E-state index in [4.69, 9.17) is 14.2 Å². The summed E-state index contributed by atoms with van der Waals surface area (Å²) in [4.78, 5) is 16.5. The van der Waals surface area contributed by atoms with Crippen LogP contribution in [0.5, 0.6) is 11.5 Å². The Morgan fingerprint density at radius 3 is 2.88 bits per heavy atom. The maximum Gasteiger partial charge on any atom is 0.234 e. The third-order valence-corrected chi connectivity index (χ3v) is 4.25. The average Bonchev–Trinajstić information content (AvgIpc) is 2.59. The first-order valence-corrected chi connectivity index (χ1v) is 8.74. The lowest BCUT2D eigenvalue weighted by atomic mass is 10.2. The predicted octanol–water partition coefficient (Wildman–Crippen LogP) is 0.205. The first-order chi connectivity index (χ1) is 12.1. The van der Waals surface area contributed by atoms with Crippen LogP contribution in [0.3, 0.4) is 0 Å². The van der Waals surface area contributed by atoms with Crippen LogP contribution < -0.4 is 14.8 Å². The van der Waals surface area contributed by atoms with Gasteiger partial charge in [0.25, 0.3) is 0 Å². The molecule has 2 heterocycles. The summed E-state index contributed by atoms with van der Waals surface area (Å²) in [7, 11) is 4.05. The maximum atomic E-state index is 12.2. The molecule has 2 aliphatic heterocycles. The summed E-state index contributed by atoms with van der Waals surface area (Å²) >= 11 is 0. The number of likely N-dealkylation sites (N-methyl/N-ethyl adjacent to an activating group) is 1. The first-order valence-electron chi connectivity index (χ1n) is 8.74. The molecule has 25 heavy (non-hydrogen) atoms. The molecule has 0 unspecified atom stereocenters. The molecule has 2 aliphatic rings. The third-order valence-electron chi connectivity index (χ3n) is 4.25. The average molecular weight is 349 g/mol. The quantitative estimate of drug-likeness (QED) is 0.792. The number of fused-ring (bicyclic) bond motifs is 1. The molecule has 0 radical (unpaired) electrons. The highest BCUT2D eigenvalue weighted by molar-refractivity contribution is 5.78. The van der Waals surface area contributed by atoms with Crippen molar-refractivity contribution < 1.29 is 19.0 Å². The molecule has 138 valence electrons. The fraction of sp³-hybridized carbons (Fsp3) is 0.611. The monoisotopic (exact) mass is 349 g/mol. The Bertz CT molecular complexity index is 581. The predicted molar refractivity (Wildman–Crippen MR) is 94.1 cm³/mol. The van der Waals surface area contributed by atoms with E-state index in [0.29, 0.717) is 26.3 Å². The van der Waals surface area contributed by atoms with Crippen molar-refractivity contribution in [3.8, 4) is 11.5 Å². The Balaban J connectivity index is 1.40. The number of ether oxygens (including phenoxy) is 3. The van der Waals surface area contributed by atoms with E-state index in [1.807, 2.05) is 38.4 Å². The van der Waals surface area contributed by atoms with E-state index in [9.17, 15) is 4.79 Å². The highest BCUT2D eigenvalue weighted by Crippen LogP contribution is 2.30. The van der Waals surface area contributed by atoms with E-state index in [1.165, 1.54) is 0 Å². The molecule has 1 aromatic carbocycles. The Morgan fingerprint density at radius 2 is 2.08 bits per heavy atom. The van der Waals surface area contributed by atoms with E-state index in [2.05, 4.69) is 15.1 Å². The normalized spacial score (nSPS) is 23.5. The lowest BCUT2D eigenvalue weighted by Crippen LogP contribution is -2.50. The number of benzene rings is 1. The molecule has 1 N–H and O–H groups in total. The molecule has 1 amide bonds. The number of para-hydroxylation sites is 2. The van der Waals surface area contributed by atoms with Crippen LogP contribution in [0.2, 0.25) is 0 Å². The molecule has 1 fully saturated rings. The number of morpholine rings is 1. The highest BCUT2D eigenvalue weighted by atomic mass is 16.6. The van der Waals surface area contributed by atoms with Crippen LogP contribution in [0, 0.1) is 0 Å². The smallest absolute Gasteiger partial charge is 0.234 e. The number of nitrogens with one attached hydrogen (secondary N) is 1. The Labute approximate surface area is 148 Å². The number of carbonyl (C=O) groups excluding carboxylic acids is 1. The standard InChI is InChI=1S/C18H27N3O4/c1-20(2)10-15-11-21(7-8-23-15)12-18(22)19-9-14-13-24-16-5-3-4-6-17(16)25-14/h3-6,14-15H,7-13H2,1-2H3,(H,19,22)/t14-,15+/m1/s1. The first kappa shape index (κ1) is 18.0. The second-order valence-corrected chi connectivity index (χ2v) is 6.79. The molecule has 0 aromatic heterocycles. The highest BCUT2D eigenvalue weighted by Gasteiger charge is 2.24. The SMILES string of the molecule is CN(C)C[C@H]1CN(CC(=O)NC[C@@H]2COc3ccccc3O2)CCO1. The van der Waals surface area contributed by atoms with Gasteiger partial charge >= 0.3 is 0 Å². The molecule has 2 atom stereocenters. The summed E-state index contributed by atoms with van der Waals surface area (Å²) in [6.07, 6.45) is -0.00634. The van der Waals surface area contributed by atoms with E-state index >= 15 is 0 Å². The van der Waals surface area contributed by atoms with E-state index in [0.717, 1.165) is 31.1 Å². The minimum atomic E-state index is -0.162. The minimum Gasteiger partial charge on any atom is -0.486 e. The zero-order valence-electron chi connectivity index (χ0n) is 14.9. The zero-order chi connectivity index (χ0) is 17.6. The molecule has 0 saturated carbocycles. The summed E-state index contributed by atoms with van der Waals surface area (Å²) in [6.45, 7) is 4.37. The number of carbonyl (C=O) groups is 1. The van der Waals surface area contributed by atoms with Crippen LogP contribution in [0.25, 0.3) is 0 Å². The van der Waals surface area contributed by atoms with Crippen LogP contribution in [-0.4, -0.2) is 87.9 Å². The second-order valence-electron chi connectivity index (χ2n) is 6.79. The topological polar surface area (TPSA) is 63.3 Å². The molecular weight excluding hydrogens is 322 g/mol. The van der Waals surface area contributed by atoms with Gasteiger partial charge in [0.1, 0.15) is 12.7 Å². The number of hydrogen-bond acceptors (Lipinski definition) is 6. The van der Waals surface area contributed by atoms with Crippen molar-refractivity contribution in [3.63, 3.8) is 0 Å². The molecule has 1 saturated heterocycles. The summed E-state index contributed by atoms with van der Waals surface area (Å²) in [5, 5.41) is 2.95. The van der Waals surface area contributed by atoms with Crippen molar-refractivity contribution in [2.24, 2.45) is 0 Å². The van der Waals surface area contributed by atoms with Crippen LogP contribution in [0.15, 0.2) is 24.3 Å². The molecule has 0 spiro atoms. The minimum absolute atomic E-state index is 0.00737. The fourth-order valence-electron chi connectivity index (χ4n) is 3.09. The van der Waals surface area contributed by atoms with Crippen LogP contribution in [0.4, 0.5) is 0 Å². The second kappa shape index (κ2) is 8.51. The van der Waals surface area contributed by atoms with Crippen molar-refractivity contribution >= 4 is 5.91 Å². The van der Waals surface area contributed by atoms with Crippen LogP contribution in [-0.2, 0) is 9.53 Å². The molecule has 0 bridgehead atoms. The van der Waals surface area contributed by atoms with Gasteiger partial charge in [-0.2, -0.15) is 0 Å². The van der Waals surface area contributed by atoms with Gasteiger partial charge in [0.2, 0.25) is 5.91 Å². The van der Waals surface area contributed by atoms with Gasteiger partial charge in [0, 0.05) is 19.6 Å². The zero-order valence-corrected chi connectivity index (χ0v) is 14.9. The lowest BCUT2D eigenvalue weighted by Gasteiger charge is -2.33. The van der Waals surface area contributed by atoms with Gasteiger partial charge in [-0.3, -0.25) is 9.69 Å². The van der Waals surface area contributed by atoms with Gasteiger partial charge in [-0.1, -0.05) is 12.1 Å². The van der Waals surface area contributed by atoms with E-state index in [-0.39, 0.29) is 18.1 Å².